The van der Waals surface area contributed by atoms with E-state index in [0.29, 0.717) is 5.95 Å². The lowest BCUT2D eigenvalue weighted by Gasteiger charge is -2.21. The van der Waals surface area contributed by atoms with Crippen LogP contribution in [0.15, 0.2) is 6.33 Å². The van der Waals surface area contributed by atoms with Gasteiger partial charge in [0.05, 0.1) is 0 Å². The molecule has 1 aromatic heterocycles. The number of ether oxygens (including phenoxy) is 1. The van der Waals surface area contributed by atoms with E-state index in [9.17, 15) is 0 Å². The van der Waals surface area contributed by atoms with Gasteiger partial charge in [0, 0.05) is 6.61 Å². The van der Waals surface area contributed by atoms with Crippen LogP contribution >= 0.6 is 0 Å². The zero-order valence-corrected chi connectivity index (χ0v) is 6.81. The fraction of sp³-hybridized carbons (Fsp3) is 0.714. The molecule has 1 saturated heterocycles. The molecular weight excluding hydrogens is 156 g/mol. The summed E-state index contributed by atoms with van der Waals surface area (Å²) in [5.74, 6) is 0.309. The van der Waals surface area contributed by atoms with Gasteiger partial charge in [-0.3, -0.25) is 0 Å². The Kier molecular flexibility index (Phi) is 1.95. The highest BCUT2D eigenvalue weighted by molar-refractivity contribution is 5.09. The fourth-order valence-corrected chi connectivity index (χ4v) is 1.36. The van der Waals surface area contributed by atoms with E-state index >= 15 is 0 Å². The minimum Gasteiger partial charge on any atom is -0.367 e. The molecule has 2 rings (SSSR count). The van der Waals surface area contributed by atoms with Crippen LogP contribution in [0.2, 0.25) is 0 Å². The normalized spacial score (nSPS) is 24.2. The Labute approximate surface area is 70.5 Å². The van der Waals surface area contributed by atoms with Gasteiger partial charge in [0.2, 0.25) is 5.95 Å². The van der Waals surface area contributed by atoms with Crippen LogP contribution in [0.25, 0.3) is 0 Å². The van der Waals surface area contributed by atoms with Gasteiger partial charge < -0.3 is 10.5 Å². The molecule has 0 aliphatic carbocycles. The van der Waals surface area contributed by atoms with Crippen LogP contribution in [0.4, 0.5) is 5.95 Å². The van der Waals surface area contributed by atoms with Crippen molar-refractivity contribution in [3.05, 3.63) is 6.33 Å². The molecule has 0 bridgehead atoms. The molecule has 5 nitrogen and oxygen atoms in total. The van der Waals surface area contributed by atoms with E-state index in [-0.39, 0.29) is 6.23 Å². The molecular formula is C7H12N4O. The molecule has 66 valence electrons. The van der Waals surface area contributed by atoms with Crippen LogP contribution in [0.3, 0.4) is 0 Å². The molecule has 0 spiro atoms. The Morgan fingerprint density at radius 2 is 2.50 bits per heavy atom. The smallest absolute Gasteiger partial charge is 0.239 e. The standard InChI is InChI=1S/C7H12N4O/c8-7-9-5-11(10-7)6-3-1-2-4-12-6/h5-6H,1-4H2,(H2,8,10). The average Bonchev–Trinajstić information content (AvgIpc) is 2.54. The number of anilines is 1. The second-order valence-corrected chi connectivity index (χ2v) is 2.90. The van der Waals surface area contributed by atoms with Crippen molar-refractivity contribution in [1.82, 2.24) is 14.8 Å². The van der Waals surface area contributed by atoms with E-state index in [0.717, 1.165) is 19.4 Å². The van der Waals surface area contributed by atoms with Crippen molar-refractivity contribution in [2.24, 2.45) is 0 Å². The molecule has 1 aliphatic heterocycles. The molecule has 1 unspecified atom stereocenters. The zero-order chi connectivity index (χ0) is 8.39. The van der Waals surface area contributed by atoms with Gasteiger partial charge >= 0.3 is 0 Å². The first-order valence-electron chi connectivity index (χ1n) is 4.14. The van der Waals surface area contributed by atoms with Crippen molar-refractivity contribution in [3.63, 3.8) is 0 Å². The minimum atomic E-state index is 0.0450. The first-order chi connectivity index (χ1) is 5.86. The summed E-state index contributed by atoms with van der Waals surface area (Å²) in [6, 6.07) is 0. The molecule has 2 N–H and O–H groups in total. The van der Waals surface area contributed by atoms with Gasteiger partial charge in [0.25, 0.3) is 0 Å². The van der Waals surface area contributed by atoms with E-state index in [1.165, 1.54) is 6.42 Å². The molecule has 0 radical (unpaired) electrons. The summed E-state index contributed by atoms with van der Waals surface area (Å²) in [5.41, 5.74) is 5.39. The second kappa shape index (κ2) is 3.10. The molecule has 12 heavy (non-hydrogen) atoms. The monoisotopic (exact) mass is 168 g/mol. The average molecular weight is 168 g/mol. The first kappa shape index (κ1) is 7.54. The van der Waals surface area contributed by atoms with Gasteiger partial charge in [-0.15, -0.1) is 5.10 Å². The first-order valence-corrected chi connectivity index (χ1v) is 4.14. The third-order valence-corrected chi connectivity index (χ3v) is 1.98. The lowest BCUT2D eigenvalue weighted by atomic mass is 10.2. The lowest BCUT2D eigenvalue weighted by molar-refractivity contribution is -0.0395. The summed E-state index contributed by atoms with van der Waals surface area (Å²) >= 11 is 0. The largest absolute Gasteiger partial charge is 0.367 e. The van der Waals surface area contributed by atoms with Gasteiger partial charge in [0.15, 0.2) is 6.23 Å². The van der Waals surface area contributed by atoms with Crippen LogP contribution < -0.4 is 5.73 Å². The van der Waals surface area contributed by atoms with Gasteiger partial charge in [0.1, 0.15) is 6.33 Å². The highest BCUT2D eigenvalue weighted by Crippen LogP contribution is 2.20. The maximum Gasteiger partial charge on any atom is 0.239 e. The van der Waals surface area contributed by atoms with Crippen LogP contribution in [0.1, 0.15) is 25.5 Å². The summed E-state index contributed by atoms with van der Waals surface area (Å²) in [7, 11) is 0. The quantitative estimate of drug-likeness (QED) is 0.665. The van der Waals surface area contributed by atoms with E-state index in [2.05, 4.69) is 10.1 Å². The van der Waals surface area contributed by atoms with Crippen molar-refractivity contribution in [2.45, 2.75) is 25.5 Å². The Hall–Kier alpha value is -1.10. The van der Waals surface area contributed by atoms with Crippen LogP contribution in [0.5, 0.6) is 0 Å². The molecule has 1 aromatic rings. The number of aromatic nitrogens is 3. The Morgan fingerprint density at radius 3 is 3.08 bits per heavy atom. The van der Waals surface area contributed by atoms with Crippen molar-refractivity contribution in [3.8, 4) is 0 Å². The van der Waals surface area contributed by atoms with E-state index in [1.807, 2.05) is 0 Å². The summed E-state index contributed by atoms with van der Waals surface area (Å²) in [6.07, 6.45) is 4.99. The lowest BCUT2D eigenvalue weighted by Crippen LogP contribution is -2.18. The molecule has 5 heteroatoms. The Morgan fingerprint density at radius 1 is 1.58 bits per heavy atom. The number of hydrogen-bond acceptors (Lipinski definition) is 4. The minimum absolute atomic E-state index is 0.0450. The predicted octanol–water partition coefficient (Wildman–Crippen LogP) is 0.559. The van der Waals surface area contributed by atoms with Crippen LogP contribution in [0, 0.1) is 0 Å². The molecule has 0 saturated carbocycles. The van der Waals surface area contributed by atoms with Crippen molar-refractivity contribution in [2.75, 3.05) is 12.3 Å². The van der Waals surface area contributed by atoms with E-state index in [1.54, 1.807) is 11.0 Å². The summed E-state index contributed by atoms with van der Waals surface area (Å²) < 4.78 is 7.17. The fourth-order valence-electron chi connectivity index (χ4n) is 1.36. The number of nitrogens with two attached hydrogens (primary N) is 1. The van der Waals surface area contributed by atoms with Gasteiger partial charge in [-0.05, 0) is 19.3 Å². The number of nitrogen functional groups attached to an aromatic ring is 1. The van der Waals surface area contributed by atoms with Gasteiger partial charge in [-0.2, -0.15) is 0 Å². The highest BCUT2D eigenvalue weighted by atomic mass is 16.5. The highest BCUT2D eigenvalue weighted by Gasteiger charge is 2.16. The summed E-state index contributed by atoms with van der Waals surface area (Å²) in [6.45, 7) is 0.810. The van der Waals surface area contributed by atoms with Gasteiger partial charge in [-0.1, -0.05) is 0 Å². The van der Waals surface area contributed by atoms with Crippen LogP contribution in [-0.2, 0) is 4.74 Å². The number of hydrogen-bond donors (Lipinski definition) is 1. The third kappa shape index (κ3) is 1.40. The number of nitrogens with zero attached hydrogens (tertiary/aromatic N) is 3. The van der Waals surface area contributed by atoms with Crippen molar-refractivity contribution >= 4 is 5.95 Å². The predicted molar refractivity (Wildman–Crippen MR) is 43.3 cm³/mol. The summed E-state index contributed by atoms with van der Waals surface area (Å²) in [4.78, 5) is 3.84. The van der Waals surface area contributed by atoms with E-state index < -0.39 is 0 Å². The van der Waals surface area contributed by atoms with E-state index in [4.69, 9.17) is 10.5 Å². The number of rotatable bonds is 1. The summed E-state index contributed by atoms with van der Waals surface area (Å²) in [5, 5.41) is 3.99. The van der Waals surface area contributed by atoms with Crippen molar-refractivity contribution in [1.29, 1.82) is 0 Å². The Balaban J connectivity index is 2.08. The second-order valence-electron chi connectivity index (χ2n) is 2.90. The zero-order valence-electron chi connectivity index (χ0n) is 6.81. The Bertz CT molecular complexity index is 254. The molecule has 0 aromatic carbocycles. The molecule has 2 heterocycles. The maximum absolute atomic E-state index is 5.48. The van der Waals surface area contributed by atoms with Crippen LogP contribution in [-0.4, -0.2) is 21.4 Å². The molecule has 1 atom stereocenters. The maximum atomic E-state index is 5.48. The topological polar surface area (TPSA) is 66.0 Å². The van der Waals surface area contributed by atoms with Gasteiger partial charge in [-0.25, -0.2) is 9.67 Å². The SMILES string of the molecule is Nc1ncn(C2CCCCO2)n1. The molecule has 1 aliphatic rings. The molecule has 0 amide bonds. The van der Waals surface area contributed by atoms with Crippen molar-refractivity contribution < 1.29 is 4.74 Å². The molecule has 1 fully saturated rings. The third-order valence-electron chi connectivity index (χ3n) is 1.98.